The molecular weight excluding hydrogens is 178 g/mol. The standard InChI is InChI=1S/C10H15N3O/c1-10(2,3)12-13(14)9-7-5-4-6-8(9)11/h4-7H,11H2,1-3H3. The summed E-state index contributed by atoms with van der Waals surface area (Å²) < 4.78 is 0. The van der Waals surface area contributed by atoms with E-state index in [0.717, 1.165) is 0 Å². The number of nitrogen functional groups attached to an aromatic ring is 1. The van der Waals surface area contributed by atoms with Gasteiger partial charge in [0.25, 0.3) is 5.69 Å². The quantitative estimate of drug-likeness (QED) is 0.322. The normalized spacial score (nSPS) is 12.9. The highest BCUT2D eigenvalue weighted by Crippen LogP contribution is 2.22. The van der Waals surface area contributed by atoms with Crippen molar-refractivity contribution in [1.29, 1.82) is 0 Å². The van der Waals surface area contributed by atoms with Crippen molar-refractivity contribution in [3.05, 3.63) is 29.5 Å². The highest BCUT2D eigenvalue weighted by Gasteiger charge is 2.15. The number of benzene rings is 1. The summed E-state index contributed by atoms with van der Waals surface area (Å²) in [6, 6.07) is 6.87. The van der Waals surface area contributed by atoms with Crippen LogP contribution >= 0.6 is 0 Å². The zero-order valence-corrected chi connectivity index (χ0v) is 8.69. The van der Waals surface area contributed by atoms with Crippen molar-refractivity contribution in [2.24, 2.45) is 5.11 Å². The molecule has 0 radical (unpaired) electrons. The highest BCUT2D eigenvalue weighted by atomic mass is 16.5. The molecular formula is C10H15N3O. The molecule has 76 valence electrons. The Kier molecular flexibility index (Phi) is 2.74. The van der Waals surface area contributed by atoms with Gasteiger partial charge in [-0.15, -0.1) is 0 Å². The molecule has 0 unspecified atom stereocenters. The van der Waals surface area contributed by atoms with Crippen molar-refractivity contribution in [2.75, 3.05) is 5.73 Å². The third-order valence-electron chi connectivity index (χ3n) is 1.53. The lowest BCUT2D eigenvalue weighted by Gasteiger charge is -2.10. The molecule has 0 saturated heterocycles. The van der Waals surface area contributed by atoms with Gasteiger partial charge in [0.05, 0.1) is 0 Å². The Morgan fingerprint density at radius 2 is 1.86 bits per heavy atom. The number of azo groups is 1. The molecule has 1 aromatic rings. The van der Waals surface area contributed by atoms with E-state index in [1.54, 1.807) is 24.3 Å². The Bertz CT molecular complexity index is 353. The molecule has 2 N–H and O–H groups in total. The molecule has 0 aliphatic carbocycles. The summed E-state index contributed by atoms with van der Waals surface area (Å²) in [5, 5.41) is 15.5. The predicted octanol–water partition coefficient (Wildman–Crippen LogP) is 2.66. The smallest absolute Gasteiger partial charge is 0.267 e. The maximum Gasteiger partial charge on any atom is 0.267 e. The third-order valence-corrected chi connectivity index (χ3v) is 1.53. The van der Waals surface area contributed by atoms with Gasteiger partial charge in [0.2, 0.25) is 0 Å². The third kappa shape index (κ3) is 2.73. The maximum atomic E-state index is 11.6. The predicted molar refractivity (Wildman–Crippen MR) is 56.3 cm³/mol. The second-order valence-electron chi connectivity index (χ2n) is 4.10. The molecule has 4 heteroatoms. The molecule has 0 heterocycles. The van der Waals surface area contributed by atoms with Crippen LogP contribution < -0.4 is 5.73 Å². The molecule has 0 aromatic heterocycles. The van der Waals surface area contributed by atoms with Crippen LogP contribution in [0.25, 0.3) is 0 Å². The zero-order valence-electron chi connectivity index (χ0n) is 8.69. The first-order valence-corrected chi connectivity index (χ1v) is 4.45. The Morgan fingerprint density at radius 1 is 1.29 bits per heavy atom. The Hall–Kier alpha value is -1.58. The first-order chi connectivity index (χ1) is 6.40. The second-order valence-corrected chi connectivity index (χ2v) is 4.10. The van der Waals surface area contributed by atoms with Gasteiger partial charge < -0.3 is 10.9 Å². The van der Waals surface area contributed by atoms with Crippen LogP contribution in [0, 0.1) is 5.21 Å². The van der Waals surface area contributed by atoms with Crippen LogP contribution in [0.4, 0.5) is 11.4 Å². The number of hydrogen-bond donors (Lipinski definition) is 1. The lowest BCUT2D eigenvalue weighted by Crippen LogP contribution is -2.13. The summed E-state index contributed by atoms with van der Waals surface area (Å²) in [6.45, 7) is 5.57. The number of anilines is 1. The number of rotatable bonds is 1. The maximum absolute atomic E-state index is 11.6. The van der Waals surface area contributed by atoms with Crippen LogP contribution in [0.5, 0.6) is 0 Å². The van der Waals surface area contributed by atoms with E-state index < -0.39 is 5.54 Å². The highest BCUT2D eigenvalue weighted by molar-refractivity contribution is 5.57. The van der Waals surface area contributed by atoms with Crippen LogP contribution in [0.1, 0.15) is 20.8 Å². The van der Waals surface area contributed by atoms with Gasteiger partial charge in [0.15, 0.2) is 0 Å². The topological polar surface area (TPSA) is 64.5 Å². The number of para-hydroxylation sites is 2. The van der Waals surface area contributed by atoms with Gasteiger partial charge in [0.1, 0.15) is 11.2 Å². The molecule has 14 heavy (non-hydrogen) atoms. The second kappa shape index (κ2) is 3.65. The Morgan fingerprint density at radius 3 is 2.36 bits per heavy atom. The van der Waals surface area contributed by atoms with Crippen LogP contribution in [-0.2, 0) is 0 Å². The lowest BCUT2D eigenvalue weighted by molar-refractivity contribution is -0.448. The molecule has 1 rings (SSSR count). The monoisotopic (exact) mass is 193 g/mol. The van der Waals surface area contributed by atoms with Crippen molar-refractivity contribution < 1.29 is 4.86 Å². The molecule has 0 saturated carbocycles. The summed E-state index contributed by atoms with van der Waals surface area (Å²) in [4.78, 5) is 0.579. The molecule has 0 atom stereocenters. The Balaban J connectivity index is 3.07. The van der Waals surface area contributed by atoms with E-state index in [0.29, 0.717) is 16.2 Å². The minimum absolute atomic E-state index is 0.391. The van der Waals surface area contributed by atoms with E-state index in [1.807, 2.05) is 20.8 Å². The van der Waals surface area contributed by atoms with Gasteiger partial charge in [-0.3, -0.25) is 0 Å². The van der Waals surface area contributed by atoms with E-state index in [-0.39, 0.29) is 0 Å². The van der Waals surface area contributed by atoms with Crippen LogP contribution in [0.3, 0.4) is 0 Å². The average molecular weight is 193 g/mol. The first-order valence-electron chi connectivity index (χ1n) is 4.45. The lowest BCUT2D eigenvalue weighted by atomic mass is 10.1. The van der Waals surface area contributed by atoms with Gasteiger partial charge >= 0.3 is 0 Å². The van der Waals surface area contributed by atoms with E-state index in [9.17, 15) is 5.21 Å². The van der Waals surface area contributed by atoms with Crippen LogP contribution in [0.2, 0.25) is 0 Å². The van der Waals surface area contributed by atoms with E-state index in [1.165, 1.54) is 0 Å². The van der Waals surface area contributed by atoms with Crippen molar-refractivity contribution >= 4 is 11.4 Å². The van der Waals surface area contributed by atoms with Gasteiger partial charge in [-0.2, -0.15) is 0 Å². The van der Waals surface area contributed by atoms with Crippen LogP contribution in [0.15, 0.2) is 29.4 Å². The number of nitrogens with two attached hydrogens (primary N) is 1. The van der Waals surface area contributed by atoms with E-state index in [4.69, 9.17) is 5.73 Å². The van der Waals surface area contributed by atoms with Gasteiger partial charge in [-0.25, -0.2) is 0 Å². The molecule has 0 bridgehead atoms. The summed E-state index contributed by atoms with van der Waals surface area (Å²) >= 11 is 0. The molecule has 0 aliphatic heterocycles. The van der Waals surface area contributed by atoms with E-state index >= 15 is 0 Å². The van der Waals surface area contributed by atoms with Gasteiger partial charge in [-0.1, -0.05) is 17.0 Å². The zero-order chi connectivity index (χ0) is 10.8. The summed E-state index contributed by atoms with van der Waals surface area (Å²) in [5.41, 5.74) is 6.07. The fraction of sp³-hybridized carbons (Fsp3) is 0.400. The van der Waals surface area contributed by atoms with Crippen molar-refractivity contribution in [1.82, 2.24) is 0 Å². The van der Waals surface area contributed by atoms with Crippen LogP contribution in [-0.4, -0.2) is 10.4 Å². The fourth-order valence-corrected chi connectivity index (χ4v) is 0.988. The summed E-state index contributed by atoms with van der Waals surface area (Å²) in [5.74, 6) is 0. The Labute approximate surface area is 83.6 Å². The minimum Gasteiger partial charge on any atom is -0.594 e. The molecule has 0 amide bonds. The molecule has 0 spiro atoms. The minimum atomic E-state index is -0.399. The largest absolute Gasteiger partial charge is 0.594 e. The molecule has 0 aliphatic rings. The van der Waals surface area contributed by atoms with Crippen molar-refractivity contribution in [2.45, 2.75) is 26.3 Å². The first kappa shape index (κ1) is 10.5. The van der Waals surface area contributed by atoms with Gasteiger partial charge in [0, 0.05) is 6.07 Å². The fourth-order valence-electron chi connectivity index (χ4n) is 0.988. The van der Waals surface area contributed by atoms with Crippen molar-refractivity contribution in [3.8, 4) is 0 Å². The average Bonchev–Trinajstić information content (AvgIpc) is 2.01. The summed E-state index contributed by atoms with van der Waals surface area (Å²) in [7, 11) is 0. The van der Waals surface area contributed by atoms with Gasteiger partial charge in [-0.05, 0) is 32.0 Å². The molecule has 1 aromatic carbocycles. The number of hydrogen-bond acceptors (Lipinski definition) is 3. The number of nitrogens with zero attached hydrogens (tertiary/aromatic N) is 2. The molecule has 4 nitrogen and oxygen atoms in total. The SMILES string of the molecule is CC(C)(C)N=[N+]([O-])c1ccccc1N. The van der Waals surface area contributed by atoms with Crippen molar-refractivity contribution in [3.63, 3.8) is 0 Å². The van der Waals surface area contributed by atoms with E-state index in [2.05, 4.69) is 5.11 Å². The summed E-state index contributed by atoms with van der Waals surface area (Å²) in [6.07, 6.45) is 0. The molecule has 0 fully saturated rings.